The Hall–Kier alpha value is -4.53. The summed E-state index contributed by atoms with van der Waals surface area (Å²) in [6.07, 6.45) is 3.25. The van der Waals surface area contributed by atoms with E-state index in [4.69, 9.17) is 4.52 Å². The fourth-order valence-electron chi connectivity index (χ4n) is 4.71. The van der Waals surface area contributed by atoms with Gasteiger partial charge in [-0.2, -0.15) is 4.98 Å². The molecule has 180 valence electrons. The maximum absolute atomic E-state index is 13.3. The van der Waals surface area contributed by atoms with Crippen molar-refractivity contribution >= 4 is 17.1 Å². The molecule has 4 heterocycles. The Labute approximate surface area is 206 Å². The molecule has 1 N–H and O–H groups in total. The lowest BCUT2D eigenvalue weighted by Crippen LogP contribution is -2.38. The molecule has 0 radical (unpaired) electrons. The van der Waals surface area contributed by atoms with Crippen molar-refractivity contribution in [2.75, 3.05) is 13.1 Å². The van der Waals surface area contributed by atoms with Crippen LogP contribution in [0.15, 0.2) is 76.2 Å². The zero-order chi connectivity index (χ0) is 24.6. The summed E-state index contributed by atoms with van der Waals surface area (Å²) in [4.78, 5) is 38.7. The van der Waals surface area contributed by atoms with E-state index in [1.807, 2.05) is 65.6 Å². The number of amides is 1. The van der Waals surface area contributed by atoms with Crippen LogP contribution in [0.2, 0.25) is 0 Å². The van der Waals surface area contributed by atoms with E-state index in [9.17, 15) is 9.59 Å². The quantitative estimate of drug-likeness (QED) is 0.416. The van der Waals surface area contributed by atoms with E-state index in [0.717, 1.165) is 29.5 Å². The molecular weight excluding hydrogens is 456 g/mol. The number of pyridine rings is 1. The van der Waals surface area contributed by atoms with Crippen LogP contribution in [0.5, 0.6) is 0 Å². The zero-order valence-electron chi connectivity index (χ0n) is 19.7. The number of benzene rings is 2. The summed E-state index contributed by atoms with van der Waals surface area (Å²) in [6, 6.07) is 19.2. The summed E-state index contributed by atoms with van der Waals surface area (Å²) in [6.45, 7) is 1.24. The Kier molecular flexibility index (Phi) is 5.44. The number of aryl methyl sites for hydroxylation is 1. The summed E-state index contributed by atoms with van der Waals surface area (Å²) in [5, 5.41) is 4.13. The molecule has 3 aromatic heterocycles. The Balaban J connectivity index is 1.16. The molecule has 0 unspecified atom stereocenters. The second kappa shape index (κ2) is 8.92. The van der Waals surface area contributed by atoms with Gasteiger partial charge in [0.15, 0.2) is 5.65 Å². The lowest BCUT2D eigenvalue weighted by atomic mass is 9.96. The van der Waals surface area contributed by atoms with Crippen molar-refractivity contribution in [1.29, 1.82) is 0 Å². The van der Waals surface area contributed by atoms with E-state index in [1.54, 1.807) is 13.2 Å². The van der Waals surface area contributed by atoms with Crippen LogP contribution < -0.4 is 5.69 Å². The van der Waals surface area contributed by atoms with E-state index < -0.39 is 0 Å². The fraction of sp³-hybridized carbons (Fsp3) is 0.222. The van der Waals surface area contributed by atoms with Gasteiger partial charge in [0.1, 0.15) is 0 Å². The van der Waals surface area contributed by atoms with Gasteiger partial charge in [-0.3, -0.25) is 14.3 Å². The molecule has 0 aliphatic carbocycles. The third-order valence-electron chi connectivity index (χ3n) is 6.81. The summed E-state index contributed by atoms with van der Waals surface area (Å²) in [5.74, 6) is 1.35. The van der Waals surface area contributed by atoms with Gasteiger partial charge in [0, 0.05) is 48.9 Å². The number of nitrogens with one attached hydrogen (secondary N) is 1. The van der Waals surface area contributed by atoms with E-state index >= 15 is 0 Å². The fourth-order valence-corrected chi connectivity index (χ4v) is 4.71. The van der Waals surface area contributed by atoms with Crippen molar-refractivity contribution in [3.8, 4) is 22.5 Å². The van der Waals surface area contributed by atoms with Gasteiger partial charge in [-0.1, -0.05) is 47.6 Å². The second-order valence-corrected chi connectivity index (χ2v) is 9.05. The summed E-state index contributed by atoms with van der Waals surface area (Å²) >= 11 is 0. The molecule has 0 saturated carbocycles. The second-order valence-electron chi connectivity index (χ2n) is 9.05. The molecule has 9 heteroatoms. The van der Waals surface area contributed by atoms with Gasteiger partial charge in [0.25, 0.3) is 5.91 Å². The van der Waals surface area contributed by atoms with Crippen molar-refractivity contribution in [3.05, 3.63) is 88.8 Å². The van der Waals surface area contributed by atoms with Crippen LogP contribution in [0.4, 0.5) is 0 Å². The van der Waals surface area contributed by atoms with Crippen LogP contribution in [-0.4, -0.2) is 48.6 Å². The largest absolute Gasteiger partial charge is 0.339 e. The number of nitrogens with zero attached hydrogens (tertiary/aromatic N) is 5. The highest BCUT2D eigenvalue weighted by Crippen LogP contribution is 2.30. The molecule has 2 aromatic carbocycles. The average molecular weight is 481 g/mol. The van der Waals surface area contributed by atoms with Crippen LogP contribution in [0, 0.1) is 0 Å². The maximum atomic E-state index is 13.3. The summed E-state index contributed by atoms with van der Waals surface area (Å²) in [5.41, 5.74) is 4.31. The highest BCUT2D eigenvalue weighted by Gasteiger charge is 2.28. The third kappa shape index (κ3) is 3.98. The van der Waals surface area contributed by atoms with Crippen LogP contribution in [0.3, 0.4) is 0 Å². The van der Waals surface area contributed by atoms with Crippen LogP contribution in [0.1, 0.15) is 35.0 Å². The Bertz CT molecular complexity index is 1610. The van der Waals surface area contributed by atoms with Gasteiger partial charge >= 0.3 is 5.69 Å². The van der Waals surface area contributed by atoms with Gasteiger partial charge in [0.2, 0.25) is 11.7 Å². The van der Waals surface area contributed by atoms with Gasteiger partial charge in [-0.25, -0.2) is 9.78 Å². The smallest absolute Gasteiger partial charge is 0.327 e. The van der Waals surface area contributed by atoms with Crippen LogP contribution >= 0.6 is 0 Å². The predicted octanol–water partition coefficient (Wildman–Crippen LogP) is 4.00. The Morgan fingerprint density at radius 3 is 2.58 bits per heavy atom. The number of piperidine rings is 1. The third-order valence-corrected chi connectivity index (χ3v) is 6.81. The average Bonchev–Trinajstić information content (AvgIpc) is 3.54. The number of imidazole rings is 1. The molecule has 1 amide bonds. The van der Waals surface area contributed by atoms with Gasteiger partial charge in [-0.05, 0) is 36.6 Å². The van der Waals surface area contributed by atoms with Crippen LogP contribution in [0.25, 0.3) is 33.7 Å². The predicted molar refractivity (Wildman–Crippen MR) is 134 cm³/mol. The number of carbonyl (C=O) groups is 1. The SMILES string of the molecule is Cn1c(=O)[nH]c2ncc(-c3cccc(C(=O)N4CCC(c5nc(-c6ccccc6)no5)CC4)c3)cc21. The number of hydrogen-bond donors (Lipinski definition) is 1. The Morgan fingerprint density at radius 2 is 1.78 bits per heavy atom. The van der Waals surface area contributed by atoms with Gasteiger partial charge in [0.05, 0.1) is 5.52 Å². The first kappa shape index (κ1) is 22.0. The molecule has 36 heavy (non-hydrogen) atoms. The van der Waals surface area contributed by atoms with Crippen molar-refractivity contribution in [3.63, 3.8) is 0 Å². The van der Waals surface area contributed by atoms with E-state index in [2.05, 4.69) is 20.1 Å². The molecule has 9 nitrogen and oxygen atoms in total. The summed E-state index contributed by atoms with van der Waals surface area (Å²) < 4.78 is 7.08. The maximum Gasteiger partial charge on any atom is 0.327 e. The molecular formula is C27H24N6O3. The number of carbonyl (C=O) groups excluding carboxylic acids is 1. The van der Waals surface area contributed by atoms with Crippen LogP contribution in [-0.2, 0) is 7.05 Å². The molecule has 6 rings (SSSR count). The number of fused-ring (bicyclic) bond motifs is 1. The van der Waals surface area contributed by atoms with E-state index in [1.165, 1.54) is 4.57 Å². The minimum atomic E-state index is -0.209. The molecule has 1 aliphatic rings. The van der Waals surface area contributed by atoms with Crippen molar-refractivity contribution in [2.45, 2.75) is 18.8 Å². The molecule has 1 saturated heterocycles. The number of H-pyrrole nitrogens is 1. The standard InChI is InChI=1S/C27H24N6O3/c1-32-22-15-21(16-28-24(22)30-27(32)35)19-8-5-9-20(14-19)26(34)33-12-10-18(11-13-33)25-29-23(31-36-25)17-6-3-2-4-7-17/h2-9,14-16,18H,10-13H2,1H3,(H,28,30,35). The molecule has 5 aromatic rings. The monoisotopic (exact) mass is 480 g/mol. The summed E-state index contributed by atoms with van der Waals surface area (Å²) in [7, 11) is 1.70. The molecule has 0 spiro atoms. The Morgan fingerprint density at radius 1 is 1.00 bits per heavy atom. The van der Waals surface area contributed by atoms with Gasteiger partial charge in [-0.15, -0.1) is 0 Å². The molecule has 0 atom stereocenters. The molecule has 1 aliphatic heterocycles. The van der Waals surface area contributed by atoms with E-state index in [-0.39, 0.29) is 17.5 Å². The lowest BCUT2D eigenvalue weighted by Gasteiger charge is -2.30. The minimum Gasteiger partial charge on any atom is -0.339 e. The zero-order valence-corrected chi connectivity index (χ0v) is 19.7. The number of aromatic nitrogens is 5. The number of hydrogen-bond acceptors (Lipinski definition) is 6. The lowest BCUT2D eigenvalue weighted by molar-refractivity contribution is 0.0704. The number of likely N-dealkylation sites (tertiary alicyclic amines) is 1. The molecule has 1 fully saturated rings. The normalized spacial score (nSPS) is 14.4. The first-order chi connectivity index (χ1) is 17.6. The highest BCUT2D eigenvalue weighted by atomic mass is 16.5. The topological polar surface area (TPSA) is 110 Å². The first-order valence-electron chi connectivity index (χ1n) is 11.9. The number of rotatable bonds is 4. The number of aromatic amines is 1. The van der Waals surface area contributed by atoms with E-state index in [0.29, 0.717) is 41.5 Å². The highest BCUT2D eigenvalue weighted by molar-refractivity contribution is 5.95. The van der Waals surface area contributed by atoms with Crippen molar-refractivity contribution < 1.29 is 9.32 Å². The van der Waals surface area contributed by atoms with Crippen molar-refractivity contribution in [1.82, 2.24) is 29.6 Å². The molecule has 0 bridgehead atoms. The van der Waals surface area contributed by atoms with Gasteiger partial charge < -0.3 is 9.42 Å². The minimum absolute atomic E-state index is 0.00566. The first-order valence-corrected chi connectivity index (χ1v) is 11.9. The van der Waals surface area contributed by atoms with Crippen molar-refractivity contribution in [2.24, 2.45) is 7.05 Å².